The van der Waals surface area contributed by atoms with E-state index in [9.17, 15) is 9.59 Å². The lowest BCUT2D eigenvalue weighted by Gasteiger charge is -2.38. The number of urea groups is 1. The van der Waals surface area contributed by atoms with Gasteiger partial charge >= 0.3 is 6.03 Å². The van der Waals surface area contributed by atoms with Gasteiger partial charge in [-0.25, -0.2) is 9.78 Å². The quantitative estimate of drug-likeness (QED) is 0.467. The van der Waals surface area contributed by atoms with E-state index in [0.717, 1.165) is 24.8 Å². The summed E-state index contributed by atoms with van der Waals surface area (Å²) in [5.74, 6) is 1.01. The fourth-order valence-corrected chi connectivity index (χ4v) is 4.35. The van der Waals surface area contributed by atoms with Crippen LogP contribution in [-0.2, 0) is 4.79 Å². The number of aromatic amines is 1. The molecule has 0 aliphatic carbocycles. The van der Waals surface area contributed by atoms with Crippen LogP contribution in [-0.4, -0.2) is 65.8 Å². The molecule has 4 rings (SSSR count). The summed E-state index contributed by atoms with van der Waals surface area (Å²) in [6.45, 7) is 1.15. The highest BCUT2D eigenvalue weighted by atomic mass is 16.5. The molecular formula is C21H27N7O3. The molecule has 3 amide bonds. The number of anilines is 1. The Bertz CT molecular complexity index is 1050. The van der Waals surface area contributed by atoms with E-state index in [2.05, 4.69) is 25.9 Å². The van der Waals surface area contributed by atoms with Gasteiger partial charge in [0, 0.05) is 55.6 Å². The van der Waals surface area contributed by atoms with Crippen molar-refractivity contribution in [1.29, 1.82) is 5.41 Å². The largest absolute Gasteiger partial charge is 0.494 e. The molecule has 2 aromatic rings. The number of hydrogen-bond acceptors (Lipinski definition) is 6. The molecule has 0 atom stereocenters. The fraction of sp³-hybridized carbons (Fsp3) is 0.429. The maximum absolute atomic E-state index is 12.8. The smallest absolute Gasteiger partial charge is 0.324 e. The Hall–Kier alpha value is -3.56. The third-order valence-corrected chi connectivity index (χ3v) is 6.06. The second-order valence-corrected chi connectivity index (χ2v) is 7.90. The van der Waals surface area contributed by atoms with Crippen LogP contribution in [0.4, 0.5) is 10.7 Å². The minimum atomic E-state index is -0.239. The van der Waals surface area contributed by atoms with Crippen LogP contribution in [0.15, 0.2) is 18.3 Å². The number of carbonyl (C=O) groups excluding carboxylic acids is 2. The van der Waals surface area contributed by atoms with E-state index in [1.807, 2.05) is 6.07 Å². The second-order valence-electron chi connectivity index (χ2n) is 7.90. The molecule has 0 radical (unpaired) electrons. The van der Waals surface area contributed by atoms with Crippen molar-refractivity contribution in [3.8, 4) is 5.75 Å². The van der Waals surface area contributed by atoms with Crippen LogP contribution in [0.2, 0.25) is 0 Å². The van der Waals surface area contributed by atoms with Gasteiger partial charge in [-0.1, -0.05) is 0 Å². The van der Waals surface area contributed by atoms with Crippen LogP contribution < -0.4 is 20.7 Å². The number of nitrogens with zero attached hydrogens (tertiary/aromatic N) is 2. The number of ether oxygens (including phenoxy) is 1. The monoisotopic (exact) mass is 425 g/mol. The number of rotatable bonds is 5. The highest BCUT2D eigenvalue weighted by Crippen LogP contribution is 2.33. The van der Waals surface area contributed by atoms with Gasteiger partial charge in [-0.3, -0.25) is 10.1 Å². The van der Waals surface area contributed by atoms with Crippen LogP contribution in [0.5, 0.6) is 5.75 Å². The highest BCUT2D eigenvalue weighted by Gasteiger charge is 2.41. The molecule has 1 aromatic carbocycles. The number of nitrogens with one attached hydrogen (secondary N) is 5. The molecule has 2 saturated heterocycles. The maximum Gasteiger partial charge on any atom is 0.324 e. The molecule has 3 heterocycles. The standard InChI is InChI=1S/C21H27N7O3/c1-23-12-13(11-22)14-3-4-15(31-2)18-17(14)24-19(25-18)26-20(30)28-9-7-21(8-10-28)6-5-16(29)27-21/h3-4,11-12,22-23H,5-10H2,1-2H3,(H,27,29)(H2,24,25,26,30)/b13-12+,22-11?. The van der Waals surface area contributed by atoms with Crippen molar-refractivity contribution < 1.29 is 14.3 Å². The van der Waals surface area contributed by atoms with Gasteiger partial charge in [0.25, 0.3) is 0 Å². The summed E-state index contributed by atoms with van der Waals surface area (Å²) in [6.07, 6.45) is 5.87. The van der Waals surface area contributed by atoms with Crippen molar-refractivity contribution in [1.82, 2.24) is 25.5 Å². The van der Waals surface area contributed by atoms with Crippen LogP contribution in [0.25, 0.3) is 16.6 Å². The molecule has 164 valence electrons. The summed E-state index contributed by atoms with van der Waals surface area (Å²) < 4.78 is 5.43. The van der Waals surface area contributed by atoms with Crippen LogP contribution >= 0.6 is 0 Å². The summed E-state index contributed by atoms with van der Waals surface area (Å²) in [6, 6.07) is 3.40. The summed E-state index contributed by atoms with van der Waals surface area (Å²) in [5, 5.41) is 16.6. The lowest BCUT2D eigenvalue weighted by molar-refractivity contribution is -0.120. The summed E-state index contributed by atoms with van der Waals surface area (Å²) in [7, 11) is 3.33. The first-order valence-corrected chi connectivity index (χ1v) is 10.3. The number of fused-ring (bicyclic) bond motifs is 1. The molecule has 0 saturated carbocycles. The Morgan fingerprint density at radius 2 is 2.10 bits per heavy atom. The second kappa shape index (κ2) is 8.29. The van der Waals surface area contributed by atoms with Crippen molar-refractivity contribution in [3.05, 3.63) is 23.9 Å². The lowest BCUT2D eigenvalue weighted by Crippen LogP contribution is -2.53. The number of carbonyl (C=O) groups is 2. The predicted molar refractivity (Wildman–Crippen MR) is 118 cm³/mol. The Kier molecular flexibility index (Phi) is 5.53. The van der Waals surface area contributed by atoms with E-state index in [-0.39, 0.29) is 17.5 Å². The van der Waals surface area contributed by atoms with Crippen LogP contribution in [0.1, 0.15) is 31.2 Å². The van der Waals surface area contributed by atoms with Crippen molar-refractivity contribution in [3.63, 3.8) is 0 Å². The zero-order valence-electron chi connectivity index (χ0n) is 17.7. The van der Waals surface area contributed by atoms with Crippen molar-refractivity contribution in [2.24, 2.45) is 0 Å². The molecule has 2 fully saturated rings. The molecule has 31 heavy (non-hydrogen) atoms. The SMILES string of the molecule is CN/C=C(\C=N)c1ccc(OC)c2[nH]c(NC(=O)N3CCC4(CCC(=O)N4)CC3)nc12. The number of aromatic nitrogens is 2. The number of methoxy groups -OCH3 is 1. The van der Waals surface area contributed by atoms with E-state index in [0.29, 0.717) is 47.8 Å². The Morgan fingerprint density at radius 3 is 2.71 bits per heavy atom. The number of benzene rings is 1. The normalized spacial score (nSPS) is 18.2. The summed E-state index contributed by atoms with van der Waals surface area (Å²) in [4.78, 5) is 33.9. The highest BCUT2D eigenvalue weighted by molar-refractivity contribution is 6.13. The van der Waals surface area contributed by atoms with Crippen molar-refractivity contribution in [2.45, 2.75) is 31.2 Å². The first-order valence-electron chi connectivity index (χ1n) is 10.3. The number of imidazole rings is 1. The van der Waals surface area contributed by atoms with Gasteiger partial charge in [0.05, 0.1) is 7.11 Å². The number of hydrogen-bond donors (Lipinski definition) is 5. The Balaban J connectivity index is 1.53. The molecule has 0 bridgehead atoms. The predicted octanol–water partition coefficient (Wildman–Crippen LogP) is 2.06. The third kappa shape index (κ3) is 3.92. The molecule has 2 aliphatic rings. The van der Waals surface area contributed by atoms with Gasteiger partial charge in [0.15, 0.2) is 0 Å². The first-order chi connectivity index (χ1) is 15.0. The number of allylic oxidation sites excluding steroid dienone is 1. The maximum atomic E-state index is 12.8. The molecular weight excluding hydrogens is 398 g/mol. The van der Waals surface area contributed by atoms with Crippen molar-refractivity contribution >= 4 is 40.7 Å². The first kappa shape index (κ1) is 20.7. The average molecular weight is 425 g/mol. The van der Waals surface area contributed by atoms with E-state index in [4.69, 9.17) is 10.1 Å². The molecule has 0 unspecified atom stereocenters. The zero-order chi connectivity index (χ0) is 22.0. The minimum Gasteiger partial charge on any atom is -0.494 e. The van der Waals surface area contributed by atoms with E-state index >= 15 is 0 Å². The molecule has 5 N–H and O–H groups in total. The third-order valence-electron chi connectivity index (χ3n) is 6.06. The number of amides is 3. The van der Waals surface area contributed by atoms with E-state index in [1.54, 1.807) is 31.3 Å². The summed E-state index contributed by atoms with van der Waals surface area (Å²) in [5.41, 5.74) is 2.49. The summed E-state index contributed by atoms with van der Waals surface area (Å²) >= 11 is 0. The topological polar surface area (TPSA) is 135 Å². The van der Waals surface area contributed by atoms with E-state index in [1.165, 1.54) is 6.21 Å². The number of H-pyrrole nitrogens is 1. The van der Waals surface area contributed by atoms with Gasteiger partial charge in [-0.05, 0) is 31.4 Å². The van der Waals surface area contributed by atoms with Gasteiger partial charge in [-0.15, -0.1) is 0 Å². The molecule has 10 nitrogen and oxygen atoms in total. The van der Waals surface area contributed by atoms with Gasteiger partial charge in [0.1, 0.15) is 16.8 Å². The average Bonchev–Trinajstić information content (AvgIpc) is 3.35. The molecule has 10 heteroatoms. The fourth-order valence-electron chi connectivity index (χ4n) is 4.35. The Labute approximate surface area is 179 Å². The molecule has 1 aromatic heterocycles. The minimum absolute atomic E-state index is 0.0987. The lowest BCUT2D eigenvalue weighted by atomic mass is 9.86. The molecule has 2 aliphatic heterocycles. The zero-order valence-corrected chi connectivity index (χ0v) is 17.7. The number of likely N-dealkylation sites (tertiary alicyclic amines) is 1. The van der Waals surface area contributed by atoms with Crippen molar-refractivity contribution in [2.75, 3.05) is 32.6 Å². The Morgan fingerprint density at radius 1 is 1.32 bits per heavy atom. The van der Waals surface area contributed by atoms with E-state index < -0.39 is 0 Å². The van der Waals surface area contributed by atoms with Gasteiger partial charge in [0.2, 0.25) is 11.9 Å². The van der Waals surface area contributed by atoms with Crippen LogP contribution in [0, 0.1) is 5.41 Å². The van der Waals surface area contributed by atoms with Gasteiger partial charge < -0.3 is 30.7 Å². The van der Waals surface area contributed by atoms with Gasteiger partial charge in [-0.2, -0.15) is 0 Å². The number of piperidine rings is 1. The van der Waals surface area contributed by atoms with Crippen LogP contribution in [0.3, 0.4) is 0 Å². The molecule has 1 spiro atoms.